The standard InChI is InChI=1S/C22H24ClN3O5S/c1-25(15-21(27)24-19-14-17(23)7-10-20(19)31-2)22(28)11-6-16-4-8-18(9-5-16)26-12-3-13-32(26,29)30/h4-11,14H,3,12-13,15H2,1-2H3,(H,24,27)/b11-6+. The van der Waals surface area contributed by atoms with E-state index in [0.717, 1.165) is 5.56 Å². The van der Waals surface area contributed by atoms with Crippen LogP contribution in [0.1, 0.15) is 12.0 Å². The third-order valence-electron chi connectivity index (χ3n) is 4.89. The third-order valence-corrected chi connectivity index (χ3v) is 7.00. The first-order chi connectivity index (χ1) is 15.2. The molecular weight excluding hydrogens is 454 g/mol. The van der Waals surface area contributed by atoms with Crippen LogP contribution in [0, 0.1) is 0 Å². The Kier molecular flexibility index (Phi) is 7.42. The summed E-state index contributed by atoms with van der Waals surface area (Å²) in [5.74, 6) is -0.134. The van der Waals surface area contributed by atoms with Crippen molar-refractivity contribution in [2.75, 3.05) is 42.6 Å². The molecule has 32 heavy (non-hydrogen) atoms. The highest BCUT2D eigenvalue weighted by Crippen LogP contribution is 2.27. The zero-order valence-corrected chi connectivity index (χ0v) is 19.3. The lowest BCUT2D eigenvalue weighted by molar-refractivity contribution is -0.129. The molecule has 0 unspecified atom stereocenters. The van der Waals surface area contributed by atoms with Crippen molar-refractivity contribution >= 4 is 50.9 Å². The van der Waals surface area contributed by atoms with E-state index < -0.39 is 15.9 Å². The molecule has 0 spiro atoms. The number of amides is 2. The largest absolute Gasteiger partial charge is 0.495 e. The smallest absolute Gasteiger partial charge is 0.246 e. The summed E-state index contributed by atoms with van der Waals surface area (Å²) in [5, 5.41) is 3.13. The van der Waals surface area contributed by atoms with E-state index in [0.29, 0.717) is 35.1 Å². The van der Waals surface area contributed by atoms with E-state index in [2.05, 4.69) is 5.32 Å². The number of hydrogen-bond acceptors (Lipinski definition) is 5. The number of hydrogen-bond donors (Lipinski definition) is 1. The number of carbonyl (C=O) groups is 2. The predicted molar refractivity (Wildman–Crippen MR) is 125 cm³/mol. The second kappa shape index (κ2) is 10.1. The van der Waals surface area contributed by atoms with Gasteiger partial charge in [-0.3, -0.25) is 13.9 Å². The zero-order chi connectivity index (χ0) is 23.3. The molecule has 1 aliphatic rings. The Balaban J connectivity index is 1.57. The normalized spacial score (nSPS) is 15.0. The fourth-order valence-electron chi connectivity index (χ4n) is 3.24. The predicted octanol–water partition coefficient (Wildman–Crippen LogP) is 3.00. The molecule has 0 bridgehead atoms. The number of likely N-dealkylation sites (N-methyl/N-ethyl adjacent to an activating group) is 1. The fourth-order valence-corrected chi connectivity index (χ4v) is 4.97. The minimum atomic E-state index is -3.23. The molecular formula is C22H24ClN3O5S. The third kappa shape index (κ3) is 5.80. The van der Waals surface area contributed by atoms with Gasteiger partial charge >= 0.3 is 0 Å². The molecule has 1 aliphatic heterocycles. The maximum absolute atomic E-state index is 12.4. The lowest BCUT2D eigenvalue weighted by Gasteiger charge is -2.17. The molecule has 0 aliphatic carbocycles. The molecule has 170 valence electrons. The molecule has 0 atom stereocenters. The second-order valence-corrected chi connectivity index (χ2v) is 9.70. The first kappa shape index (κ1) is 23.6. The SMILES string of the molecule is COc1ccc(Cl)cc1NC(=O)CN(C)C(=O)/C=C/c1ccc(N2CCCS2(=O)=O)cc1. The summed E-state index contributed by atoms with van der Waals surface area (Å²) >= 11 is 5.96. The van der Waals surface area contributed by atoms with Gasteiger partial charge in [0.15, 0.2) is 0 Å². The van der Waals surface area contributed by atoms with E-state index in [4.69, 9.17) is 16.3 Å². The van der Waals surface area contributed by atoms with Crippen LogP contribution in [0.2, 0.25) is 5.02 Å². The van der Waals surface area contributed by atoms with Gasteiger partial charge in [-0.15, -0.1) is 0 Å². The molecule has 8 nitrogen and oxygen atoms in total. The average Bonchev–Trinajstić information content (AvgIpc) is 3.11. The molecule has 1 N–H and O–H groups in total. The van der Waals surface area contributed by atoms with Crippen LogP contribution < -0.4 is 14.4 Å². The summed E-state index contributed by atoms with van der Waals surface area (Å²) in [4.78, 5) is 26.0. The van der Waals surface area contributed by atoms with Gasteiger partial charge in [0.25, 0.3) is 0 Å². The highest BCUT2D eigenvalue weighted by molar-refractivity contribution is 7.93. The van der Waals surface area contributed by atoms with Crippen LogP contribution in [0.5, 0.6) is 5.75 Å². The summed E-state index contributed by atoms with van der Waals surface area (Å²) < 4.78 is 30.6. The first-order valence-corrected chi connectivity index (χ1v) is 11.9. The minimum absolute atomic E-state index is 0.160. The Morgan fingerprint density at radius 2 is 1.94 bits per heavy atom. The molecule has 1 fully saturated rings. The van der Waals surface area contributed by atoms with Crippen molar-refractivity contribution in [3.05, 3.63) is 59.1 Å². The Morgan fingerprint density at radius 1 is 1.22 bits per heavy atom. The lowest BCUT2D eigenvalue weighted by Crippen LogP contribution is -2.33. The number of carbonyl (C=O) groups excluding carboxylic acids is 2. The number of nitrogens with zero attached hydrogens (tertiary/aromatic N) is 2. The molecule has 2 aromatic carbocycles. The summed E-state index contributed by atoms with van der Waals surface area (Å²) in [6, 6.07) is 11.8. The quantitative estimate of drug-likeness (QED) is 0.618. The summed E-state index contributed by atoms with van der Waals surface area (Å²) in [7, 11) is -0.231. The van der Waals surface area contributed by atoms with Crippen LogP contribution in [0.15, 0.2) is 48.5 Å². The van der Waals surface area contributed by atoms with Crippen molar-refractivity contribution in [1.82, 2.24) is 4.90 Å². The number of ether oxygens (including phenoxy) is 1. The van der Waals surface area contributed by atoms with E-state index in [1.165, 1.54) is 29.4 Å². The van der Waals surface area contributed by atoms with Crippen molar-refractivity contribution < 1.29 is 22.7 Å². The number of nitrogens with one attached hydrogen (secondary N) is 1. The van der Waals surface area contributed by atoms with Gasteiger partial charge in [-0.25, -0.2) is 8.42 Å². The summed E-state index contributed by atoms with van der Waals surface area (Å²) in [6.07, 6.45) is 3.58. The van der Waals surface area contributed by atoms with Crippen LogP contribution in [-0.4, -0.2) is 58.1 Å². The molecule has 0 saturated carbocycles. The van der Waals surface area contributed by atoms with Crippen LogP contribution in [0.4, 0.5) is 11.4 Å². The van der Waals surface area contributed by atoms with Gasteiger partial charge in [-0.2, -0.15) is 0 Å². The second-order valence-electron chi connectivity index (χ2n) is 7.25. The summed E-state index contributed by atoms with van der Waals surface area (Å²) in [5.41, 5.74) is 1.76. The Bertz CT molecular complexity index is 1130. The maximum atomic E-state index is 12.4. The van der Waals surface area contributed by atoms with Gasteiger partial charge in [0, 0.05) is 24.7 Å². The van der Waals surface area contributed by atoms with Gasteiger partial charge in [0.05, 0.1) is 30.8 Å². The summed E-state index contributed by atoms with van der Waals surface area (Å²) in [6.45, 7) is 0.314. The highest BCUT2D eigenvalue weighted by atomic mass is 35.5. The van der Waals surface area contributed by atoms with Crippen LogP contribution in [-0.2, 0) is 19.6 Å². The van der Waals surface area contributed by atoms with Gasteiger partial charge in [0.2, 0.25) is 21.8 Å². The number of sulfonamides is 1. The van der Waals surface area contributed by atoms with Crippen molar-refractivity contribution in [3.8, 4) is 5.75 Å². The number of halogens is 1. The maximum Gasteiger partial charge on any atom is 0.246 e. The number of benzene rings is 2. The van der Waals surface area contributed by atoms with Crippen molar-refractivity contribution in [2.45, 2.75) is 6.42 Å². The van der Waals surface area contributed by atoms with Crippen LogP contribution in [0.25, 0.3) is 6.08 Å². The molecule has 2 amide bonds. The van der Waals surface area contributed by atoms with Gasteiger partial charge in [0.1, 0.15) is 5.75 Å². The van der Waals surface area contributed by atoms with Crippen molar-refractivity contribution in [2.24, 2.45) is 0 Å². The molecule has 1 saturated heterocycles. The first-order valence-electron chi connectivity index (χ1n) is 9.86. The highest BCUT2D eigenvalue weighted by Gasteiger charge is 2.28. The number of rotatable bonds is 7. The van der Waals surface area contributed by atoms with Crippen LogP contribution >= 0.6 is 11.6 Å². The van der Waals surface area contributed by atoms with Crippen molar-refractivity contribution in [1.29, 1.82) is 0 Å². The molecule has 3 rings (SSSR count). The van der Waals surface area contributed by atoms with E-state index in [1.807, 2.05) is 0 Å². The molecule has 0 radical (unpaired) electrons. The van der Waals surface area contributed by atoms with Gasteiger partial charge < -0.3 is 15.0 Å². The van der Waals surface area contributed by atoms with Gasteiger partial charge in [-0.1, -0.05) is 23.7 Å². The van der Waals surface area contributed by atoms with Gasteiger partial charge in [-0.05, 0) is 48.4 Å². The van der Waals surface area contributed by atoms with E-state index in [-0.39, 0.29) is 18.2 Å². The van der Waals surface area contributed by atoms with Crippen molar-refractivity contribution in [3.63, 3.8) is 0 Å². The monoisotopic (exact) mass is 477 g/mol. The average molecular weight is 478 g/mol. The molecule has 10 heteroatoms. The van der Waals surface area contributed by atoms with E-state index >= 15 is 0 Å². The fraction of sp³-hybridized carbons (Fsp3) is 0.273. The van der Waals surface area contributed by atoms with Crippen LogP contribution in [0.3, 0.4) is 0 Å². The molecule has 0 aromatic heterocycles. The number of anilines is 2. The lowest BCUT2D eigenvalue weighted by atomic mass is 10.2. The Morgan fingerprint density at radius 3 is 2.56 bits per heavy atom. The van der Waals surface area contributed by atoms with E-state index in [1.54, 1.807) is 48.5 Å². The topological polar surface area (TPSA) is 96.0 Å². The Hall–Kier alpha value is -3.04. The molecule has 1 heterocycles. The number of methoxy groups -OCH3 is 1. The van der Waals surface area contributed by atoms with E-state index in [9.17, 15) is 18.0 Å². The minimum Gasteiger partial charge on any atom is -0.495 e. The zero-order valence-electron chi connectivity index (χ0n) is 17.7. The molecule has 2 aromatic rings. The Labute approximate surface area is 192 Å².